The van der Waals surface area contributed by atoms with Gasteiger partial charge < -0.3 is 13.9 Å². The smallest absolute Gasteiger partial charge is 0.341 e. The molecule has 0 fully saturated rings. The Morgan fingerprint density at radius 1 is 1.33 bits per heavy atom. The van der Waals surface area contributed by atoms with Gasteiger partial charge in [-0.3, -0.25) is 5.10 Å². The number of esters is 1. The Hall–Kier alpha value is -2.45. The molecular formula is C18H18ClN3O4S. The van der Waals surface area contributed by atoms with Crippen molar-refractivity contribution in [1.29, 1.82) is 0 Å². The highest BCUT2D eigenvalue weighted by molar-refractivity contribution is 7.98. The number of benzene rings is 1. The van der Waals surface area contributed by atoms with Crippen LogP contribution in [0.5, 0.6) is 5.75 Å². The van der Waals surface area contributed by atoms with Crippen molar-refractivity contribution in [3.63, 3.8) is 0 Å². The first-order valence-corrected chi connectivity index (χ1v) is 9.43. The third-order valence-electron chi connectivity index (χ3n) is 3.73. The van der Waals surface area contributed by atoms with E-state index in [0.29, 0.717) is 44.6 Å². The van der Waals surface area contributed by atoms with E-state index >= 15 is 0 Å². The minimum atomic E-state index is -0.415. The molecule has 0 unspecified atom stereocenters. The van der Waals surface area contributed by atoms with Gasteiger partial charge in [0.1, 0.15) is 29.4 Å². The minimum absolute atomic E-state index is 0.265. The maximum absolute atomic E-state index is 11.6. The van der Waals surface area contributed by atoms with Gasteiger partial charge in [0.2, 0.25) is 5.16 Å². The molecule has 2 aromatic heterocycles. The van der Waals surface area contributed by atoms with Crippen LogP contribution in [0.15, 0.2) is 33.8 Å². The summed E-state index contributed by atoms with van der Waals surface area (Å²) in [4.78, 5) is 16.0. The lowest BCUT2D eigenvalue weighted by Gasteiger charge is -2.05. The number of thioether (sulfide) groups is 1. The average molecular weight is 408 g/mol. The number of aromatic amines is 1. The van der Waals surface area contributed by atoms with E-state index in [-0.39, 0.29) is 6.61 Å². The Kier molecular flexibility index (Phi) is 6.08. The second kappa shape index (κ2) is 8.49. The molecule has 0 bridgehead atoms. The topological polar surface area (TPSA) is 90.2 Å². The maximum Gasteiger partial charge on any atom is 0.341 e. The Bertz CT molecular complexity index is 954. The molecule has 0 amide bonds. The second-order valence-electron chi connectivity index (χ2n) is 5.73. The third kappa shape index (κ3) is 4.84. The number of ether oxygens (including phenoxy) is 2. The standard InChI is InChI=1S/C18H18ClN3O4S/c1-10-6-12(4-5-15(10)19)25-8-16-20-18(22-21-16)27-9-13-7-14(11(2)26-13)17(23)24-3/h4-7H,8-9H2,1-3H3,(H,20,21,22). The Morgan fingerprint density at radius 2 is 2.15 bits per heavy atom. The number of hydrogen-bond donors (Lipinski definition) is 1. The van der Waals surface area contributed by atoms with Crippen molar-refractivity contribution in [2.24, 2.45) is 0 Å². The maximum atomic E-state index is 11.6. The molecule has 1 aromatic carbocycles. The molecule has 0 aliphatic rings. The summed E-state index contributed by atoms with van der Waals surface area (Å²) in [6.07, 6.45) is 0. The molecule has 0 spiro atoms. The van der Waals surface area contributed by atoms with Crippen molar-refractivity contribution < 1.29 is 18.7 Å². The first-order valence-electron chi connectivity index (χ1n) is 8.07. The highest BCUT2D eigenvalue weighted by Gasteiger charge is 2.16. The van der Waals surface area contributed by atoms with Gasteiger partial charge in [-0.15, -0.1) is 5.10 Å². The van der Waals surface area contributed by atoms with Crippen LogP contribution < -0.4 is 4.74 Å². The van der Waals surface area contributed by atoms with Crippen molar-refractivity contribution in [1.82, 2.24) is 15.2 Å². The molecule has 3 aromatic rings. The quantitative estimate of drug-likeness (QED) is 0.460. The number of nitrogens with zero attached hydrogens (tertiary/aromatic N) is 2. The first kappa shape index (κ1) is 19.3. The zero-order valence-corrected chi connectivity index (χ0v) is 16.6. The van der Waals surface area contributed by atoms with Crippen LogP contribution in [0.25, 0.3) is 0 Å². The molecular weight excluding hydrogens is 390 g/mol. The number of halogens is 1. The fraction of sp³-hybridized carbons (Fsp3) is 0.278. The first-order chi connectivity index (χ1) is 13.0. The van der Waals surface area contributed by atoms with Crippen LogP contribution in [0.1, 0.15) is 33.3 Å². The van der Waals surface area contributed by atoms with Crippen LogP contribution in [0.2, 0.25) is 5.02 Å². The number of carbonyl (C=O) groups excluding carboxylic acids is 1. The third-order valence-corrected chi connectivity index (χ3v) is 5.03. The summed E-state index contributed by atoms with van der Waals surface area (Å²) < 4.78 is 16.0. The lowest BCUT2D eigenvalue weighted by atomic mass is 10.2. The van der Waals surface area contributed by atoms with E-state index in [2.05, 4.69) is 15.2 Å². The van der Waals surface area contributed by atoms with Gasteiger partial charge in [-0.25, -0.2) is 9.78 Å². The molecule has 1 N–H and O–H groups in total. The van der Waals surface area contributed by atoms with E-state index in [4.69, 9.17) is 25.5 Å². The summed E-state index contributed by atoms with van der Waals surface area (Å²) in [5.74, 6) is 2.57. The van der Waals surface area contributed by atoms with E-state index in [1.807, 2.05) is 13.0 Å². The number of hydrogen-bond acceptors (Lipinski definition) is 7. The van der Waals surface area contributed by atoms with Gasteiger partial charge in [0, 0.05) is 5.02 Å². The molecule has 27 heavy (non-hydrogen) atoms. The predicted molar refractivity (Wildman–Crippen MR) is 101 cm³/mol. The van der Waals surface area contributed by atoms with Crippen LogP contribution in [-0.4, -0.2) is 28.3 Å². The van der Waals surface area contributed by atoms with Crippen LogP contribution in [-0.2, 0) is 17.1 Å². The van der Waals surface area contributed by atoms with Gasteiger partial charge in [-0.1, -0.05) is 23.4 Å². The van der Waals surface area contributed by atoms with E-state index < -0.39 is 5.97 Å². The molecule has 0 radical (unpaired) electrons. The molecule has 0 atom stereocenters. The summed E-state index contributed by atoms with van der Waals surface area (Å²) in [6.45, 7) is 3.91. The highest BCUT2D eigenvalue weighted by atomic mass is 35.5. The van der Waals surface area contributed by atoms with Crippen molar-refractivity contribution in [3.8, 4) is 5.75 Å². The molecule has 0 saturated heterocycles. The van der Waals surface area contributed by atoms with Gasteiger partial charge in [-0.2, -0.15) is 0 Å². The van der Waals surface area contributed by atoms with Gasteiger partial charge >= 0.3 is 5.97 Å². The molecule has 0 aliphatic heterocycles. The van der Waals surface area contributed by atoms with Crippen LogP contribution in [0.3, 0.4) is 0 Å². The van der Waals surface area contributed by atoms with Gasteiger partial charge in [0.15, 0.2) is 5.82 Å². The lowest BCUT2D eigenvalue weighted by Crippen LogP contribution is -2.00. The van der Waals surface area contributed by atoms with Crippen LogP contribution in [0, 0.1) is 13.8 Å². The SMILES string of the molecule is COC(=O)c1cc(CSc2n[nH]c(COc3ccc(Cl)c(C)c3)n2)oc1C. The highest BCUT2D eigenvalue weighted by Crippen LogP contribution is 2.24. The minimum Gasteiger partial charge on any atom is -0.486 e. The summed E-state index contributed by atoms with van der Waals surface area (Å²) >= 11 is 7.39. The number of carbonyl (C=O) groups is 1. The number of furan rings is 1. The zero-order chi connectivity index (χ0) is 19.4. The number of rotatable bonds is 7. The largest absolute Gasteiger partial charge is 0.486 e. The van der Waals surface area contributed by atoms with Crippen LogP contribution >= 0.6 is 23.4 Å². The van der Waals surface area contributed by atoms with Crippen molar-refractivity contribution in [3.05, 3.63) is 57.8 Å². The number of H-pyrrole nitrogens is 1. The molecule has 7 nitrogen and oxygen atoms in total. The number of nitrogens with one attached hydrogen (secondary N) is 1. The van der Waals surface area contributed by atoms with Crippen LogP contribution in [0.4, 0.5) is 0 Å². The normalized spacial score (nSPS) is 10.8. The summed E-state index contributed by atoms with van der Waals surface area (Å²) in [5, 5.41) is 8.26. The Balaban J connectivity index is 1.55. The number of aromatic nitrogens is 3. The second-order valence-corrected chi connectivity index (χ2v) is 7.08. The Labute approximate surface area is 165 Å². The van der Waals surface area contributed by atoms with Crippen molar-refractivity contribution in [2.75, 3.05) is 7.11 Å². The van der Waals surface area contributed by atoms with E-state index in [1.54, 1.807) is 25.1 Å². The molecule has 3 rings (SSSR count). The van der Waals surface area contributed by atoms with E-state index in [9.17, 15) is 4.79 Å². The molecule has 9 heteroatoms. The molecule has 142 valence electrons. The van der Waals surface area contributed by atoms with Crippen molar-refractivity contribution >= 4 is 29.3 Å². The van der Waals surface area contributed by atoms with E-state index in [1.165, 1.54) is 18.9 Å². The number of methoxy groups -OCH3 is 1. The summed E-state index contributed by atoms with van der Waals surface area (Å²) in [6, 6.07) is 7.14. The molecule has 2 heterocycles. The summed E-state index contributed by atoms with van der Waals surface area (Å²) in [7, 11) is 1.34. The fourth-order valence-corrected chi connectivity index (χ4v) is 3.14. The van der Waals surface area contributed by atoms with E-state index in [0.717, 1.165) is 5.56 Å². The zero-order valence-electron chi connectivity index (χ0n) is 15.0. The molecule has 0 aliphatic carbocycles. The Morgan fingerprint density at radius 3 is 2.89 bits per heavy atom. The van der Waals surface area contributed by atoms with Gasteiger partial charge in [0.25, 0.3) is 0 Å². The fourth-order valence-electron chi connectivity index (χ4n) is 2.33. The molecule has 0 saturated carbocycles. The van der Waals surface area contributed by atoms with Gasteiger partial charge in [-0.05, 0) is 43.7 Å². The predicted octanol–water partition coefficient (Wildman–Crippen LogP) is 4.33. The lowest BCUT2D eigenvalue weighted by molar-refractivity contribution is 0.0599. The van der Waals surface area contributed by atoms with Crippen molar-refractivity contribution in [2.45, 2.75) is 31.4 Å². The van der Waals surface area contributed by atoms with Gasteiger partial charge in [0.05, 0.1) is 12.9 Å². The number of aryl methyl sites for hydroxylation is 2. The average Bonchev–Trinajstić information content (AvgIpc) is 3.26. The monoisotopic (exact) mass is 407 g/mol. The summed E-state index contributed by atoms with van der Waals surface area (Å²) in [5.41, 5.74) is 1.37.